The molecule has 2 rings (SSSR count). The minimum atomic E-state index is -0.718. The molecule has 0 bridgehead atoms. The average Bonchev–Trinajstić information content (AvgIpc) is 2.77. The van der Waals surface area contributed by atoms with Crippen LogP contribution in [0, 0.1) is 11.3 Å². The van der Waals surface area contributed by atoms with Gasteiger partial charge < -0.3 is 16.0 Å². The zero-order valence-electron chi connectivity index (χ0n) is 16.0. The molecule has 1 saturated heterocycles. The molecule has 1 aromatic carbocycles. The van der Waals surface area contributed by atoms with Crippen LogP contribution in [-0.2, 0) is 11.3 Å². The molecule has 0 radical (unpaired) electrons. The Morgan fingerprint density at radius 2 is 1.96 bits per heavy atom. The minimum absolute atomic E-state index is 0.0719. The smallest absolute Gasteiger partial charge is 0.319 e. The number of amides is 3. The third kappa shape index (κ3) is 4.74. The van der Waals surface area contributed by atoms with Crippen molar-refractivity contribution < 1.29 is 9.59 Å². The van der Waals surface area contributed by atoms with Crippen molar-refractivity contribution in [3.8, 4) is 0 Å². The predicted octanol–water partition coefficient (Wildman–Crippen LogP) is 2.89. The third-order valence-corrected chi connectivity index (χ3v) is 4.29. The fourth-order valence-corrected chi connectivity index (χ4v) is 3.18. The summed E-state index contributed by atoms with van der Waals surface area (Å²) >= 11 is 0. The molecule has 1 atom stereocenters. The van der Waals surface area contributed by atoms with Gasteiger partial charge in [-0.2, -0.15) is 0 Å². The molecule has 1 aromatic rings. The quantitative estimate of drug-likeness (QED) is 0.602. The second-order valence-corrected chi connectivity index (χ2v) is 7.37. The van der Waals surface area contributed by atoms with Crippen LogP contribution in [0.2, 0.25) is 0 Å². The highest BCUT2D eigenvalue weighted by Gasteiger charge is 2.45. The number of rotatable bonds is 7. The van der Waals surface area contributed by atoms with Crippen LogP contribution in [0.1, 0.15) is 46.1 Å². The van der Waals surface area contributed by atoms with Crippen molar-refractivity contribution in [1.29, 1.82) is 5.41 Å². The monoisotopic (exact) mass is 359 g/mol. The number of hydrogen-bond acceptors (Lipinski definition) is 3. The number of carbonyl (C=O) groups is 2. The van der Waals surface area contributed by atoms with Gasteiger partial charge in [-0.25, -0.2) is 4.79 Å². The molecular weight excluding hydrogens is 330 g/mol. The summed E-state index contributed by atoms with van der Waals surface area (Å²) in [4.78, 5) is 25.9. The first kappa shape index (κ1) is 19.8. The van der Waals surface area contributed by atoms with Crippen LogP contribution in [0.4, 0.5) is 10.5 Å². The van der Waals surface area contributed by atoms with Crippen LogP contribution in [0.15, 0.2) is 24.3 Å². The Morgan fingerprint density at radius 3 is 2.54 bits per heavy atom. The summed E-state index contributed by atoms with van der Waals surface area (Å²) in [7, 11) is 0. The highest BCUT2D eigenvalue weighted by atomic mass is 16.2. The number of benzene rings is 1. The number of nitrogens with zero attached hydrogens (tertiary/aromatic N) is 1. The van der Waals surface area contributed by atoms with Gasteiger partial charge in [-0.3, -0.25) is 15.1 Å². The average molecular weight is 359 g/mol. The van der Waals surface area contributed by atoms with E-state index < -0.39 is 5.54 Å². The SMILES string of the molecule is CCCNC(=O)Nc1ccc(CN2C(=N)NC(C)(CC(C)C)C2=O)cc1. The first-order valence-corrected chi connectivity index (χ1v) is 9.07. The molecule has 0 aliphatic carbocycles. The van der Waals surface area contributed by atoms with Gasteiger partial charge in [0.15, 0.2) is 5.96 Å². The fraction of sp³-hybridized carbons (Fsp3) is 0.526. The molecule has 1 aliphatic heterocycles. The second kappa shape index (κ2) is 8.21. The van der Waals surface area contributed by atoms with Gasteiger partial charge >= 0.3 is 6.03 Å². The Labute approximate surface area is 155 Å². The molecular formula is C19H29N5O2. The summed E-state index contributed by atoms with van der Waals surface area (Å²) in [5.74, 6) is 0.421. The van der Waals surface area contributed by atoms with Gasteiger partial charge in [-0.1, -0.05) is 32.9 Å². The molecule has 1 aliphatic rings. The standard InChI is InChI=1S/C19H29N5O2/c1-5-10-21-18(26)22-15-8-6-14(7-9-15)12-24-16(25)19(4,11-13(2)3)23-17(24)20/h6-9,13H,5,10-12H2,1-4H3,(H2,20,23)(H2,21,22,26). The predicted molar refractivity (Wildman–Crippen MR) is 103 cm³/mol. The van der Waals surface area contributed by atoms with E-state index in [9.17, 15) is 9.59 Å². The second-order valence-electron chi connectivity index (χ2n) is 7.37. The van der Waals surface area contributed by atoms with Gasteiger partial charge in [0.25, 0.3) is 5.91 Å². The van der Waals surface area contributed by atoms with Crippen LogP contribution in [0.5, 0.6) is 0 Å². The van der Waals surface area contributed by atoms with Gasteiger partial charge in [-0.05, 0) is 43.4 Å². The van der Waals surface area contributed by atoms with Crippen molar-refractivity contribution in [3.05, 3.63) is 29.8 Å². The van der Waals surface area contributed by atoms with E-state index in [1.807, 2.05) is 26.0 Å². The molecule has 0 spiro atoms. The molecule has 142 valence electrons. The Hall–Kier alpha value is -2.57. The number of carbonyl (C=O) groups excluding carboxylic acids is 2. The van der Waals surface area contributed by atoms with E-state index in [0.29, 0.717) is 31.1 Å². The largest absolute Gasteiger partial charge is 0.342 e. The Morgan fingerprint density at radius 1 is 1.31 bits per heavy atom. The minimum Gasteiger partial charge on any atom is -0.342 e. The lowest BCUT2D eigenvalue weighted by Crippen LogP contribution is -2.44. The molecule has 1 fully saturated rings. The lowest BCUT2D eigenvalue weighted by atomic mass is 9.91. The molecule has 4 N–H and O–H groups in total. The van der Waals surface area contributed by atoms with E-state index in [4.69, 9.17) is 5.41 Å². The zero-order chi connectivity index (χ0) is 19.3. The molecule has 0 saturated carbocycles. The van der Waals surface area contributed by atoms with Crippen LogP contribution in [-0.4, -0.2) is 34.9 Å². The molecule has 26 heavy (non-hydrogen) atoms. The van der Waals surface area contributed by atoms with Gasteiger partial charge in [0, 0.05) is 12.2 Å². The van der Waals surface area contributed by atoms with Gasteiger partial charge in [0.1, 0.15) is 5.54 Å². The van der Waals surface area contributed by atoms with Crippen LogP contribution in [0.25, 0.3) is 0 Å². The van der Waals surface area contributed by atoms with E-state index in [-0.39, 0.29) is 17.9 Å². The van der Waals surface area contributed by atoms with Crippen LogP contribution in [0.3, 0.4) is 0 Å². The van der Waals surface area contributed by atoms with Crippen molar-refractivity contribution in [1.82, 2.24) is 15.5 Å². The number of urea groups is 1. The summed E-state index contributed by atoms with van der Waals surface area (Å²) in [5.41, 5.74) is 0.871. The van der Waals surface area contributed by atoms with Gasteiger partial charge in [0.05, 0.1) is 6.54 Å². The summed E-state index contributed by atoms with van der Waals surface area (Å²) in [6.07, 6.45) is 1.56. The first-order valence-electron chi connectivity index (χ1n) is 9.07. The summed E-state index contributed by atoms with van der Waals surface area (Å²) in [5, 5.41) is 16.7. The van der Waals surface area contributed by atoms with Gasteiger partial charge in [-0.15, -0.1) is 0 Å². The Kier molecular flexibility index (Phi) is 6.23. The molecule has 1 unspecified atom stereocenters. The van der Waals surface area contributed by atoms with Crippen molar-refractivity contribution in [3.63, 3.8) is 0 Å². The number of guanidine groups is 1. The topological polar surface area (TPSA) is 97.3 Å². The molecule has 7 nitrogen and oxygen atoms in total. The highest BCUT2D eigenvalue weighted by molar-refractivity contribution is 6.07. The number of hydrogen-bond donors (Lipinski definition) is 4. The van der Waals surface area contributed by atoms with Crippen molar-refractivity contribution in [2.75, 3.05) is 11.9 Å². The van der Waals surface area contributed by atoms with E-state index in [2.05, 4.69) is 29.8 Å². The molecule has 0 aromatic heterocycles. The maximum atomic E-state index is 12.7. The van der Waals surface area contributed by atoms with Crippen LogP contribution < -0.4 is 16.0 Å². The molecule has 1 heterocycles. The fourth-order valence-electron chi connectivity index (χ4n) is 3.18. The molecule has 7 heteroatoms. The van der Waals surface area contributed by atoms with Crippen molar-refractivity contribution in [2.45, 2.75) is 52.6 Å². The summed E-state index contributed by atoms with van der Waals surface area (Å²) < 4.78 is 0. The first-order chi connectivity index (χ1) is 12.2. The summed E-state index contributed by atoms with van der Waals surface area (Å²) in [6.45, 7) is 8.94. The molecule has 3 amide bonds. The van der Waals surface area contributed by atoms with E-state index >= 15 is 0 Å². The van der Waals surface area contributed by atoms with E-state index in [0.717, 1.165) is 12.0 Å². The van der Waals surface area contributed by atoms with Gasteiger partial charge in [0.2, 0.25) is 0 Å². The maximum absolute atomic E-state index is 12.7. The van der Waals surface area contributed by atoms with E-state index in [1.54, 1.807) is 12.1 Å². The highest BCUT2D eigenvalue weighted by Crippen LogP contribution is 2.26. The lowest BCUT2D eigenvalue weighted by molar-refractivity contribution is -0.131. The maximum Gasteiger partial charge on any atom is 0.319 e. The third-order valence-electron chi connectivity index (χ3n) is 4.29. The number of anilines is 1. The number of nitrogens with one attached hydrogen (secondary N) is 4. The Balaban J connectivity index is 1.99. The van der Waals surface area contributed by atoms with E-state index in [1.165, 1.54) is 4.90 Å². The normalized spacial score (nSPS) is 19.7. The summed E-state index contributed by atoms with van der Waals surface area (Å²) in [6, 6.07) is 7.07. The Bertz CT molecular complexity index is 671. The lowest BCUT2D eigenvalue weighted by Gasteiger charge is -2.24. The van der Waals surface area contributed by atoms with Crippen molar-refractivity contribution >= 4 is 23.6 Å². The zero-order valence-corrected chi connectivity index (χ0v) is 16.0. The van der Waals surface area contributed by atoms with Crippen molar-refractivity contribution in [2.24, 2.45) is 5.92 Å². The van der Waals surface area contributed by atoms with Crippen LogP contribution >= 0.6 is 0 Å².